The molecule has 0 amide bonds. The summed E-state index contributed by atoms with van der Waals surface area (Å²) in [6.07, 6.45) is -4.76. The molecule has 3 aromatic rings. The summed E-state index contributed by atoms with van der Waals surface area (Å²) in [5.41, 5.74) is -3.02. The summed E-state index contributed by atoms with van der Waals surface area (Å²) in [6.45, 7) is 1.63. The number of rotatable bonds is 3. The number of carbonyl (C=O) groups excluding carboxylic acids is 1. The molecule has 10 heteroatoms. The molecular formula is C18H12ClF4NO4. The molecule has 1 aromatic carbocycles. The van der Waals surface area contributed by atoms with E-state index in [-0.39, 0.29) is 39.5 Å². The molecule has 3 rings (SSSR count). The van der Waals surface area contributed by atoms with Crippen molar-refractivity contribution in [3.8, 4) is 11.1 Å². The number of aromatic nitrogens is 1. The van der Waals surface area contributed by atoms with E-state index >= 15 is 0 Å². The Morgan fingerprint density at radius 1 is 1.29 bits per heavy atom. The molecule has 0 N–H and O–H groups in total. The van der Waals surface area contributed by atoms with Gasteiger partial charge in [-0.1, -0.05) is 11.6 Å². The molecule has 0 saturated carbocycles. The van der Waals surface area contributed by atoms with Gasteiger partial charge in [0.05, 0.1) is 17.2 Å². The van der Waals surface area contributed by atoms with Crippen molar-refractivity contribution in [3.63, 3.8) is 0 Å². The van der Waals surface area contributed by atoms with Crippen LogP contribution in [0.4, 0.5) is 17.6 Å². The van der Waals surface area contributed by atoms with Gasteiger partial charge in [0.25, 0.3) is 5.56 Å². The highest BCUT2D eigenvalue weighted by molar-refractivity contribution is 6.35. The van der Waals surface area contributed by atoms with Crippen molar-refractivity contribution in [2.24, 2.45) is 7.05 Å². The Hall–Kier alpha value is -2.81. The molecule has 0 saturated heterocycles. The number of carbonyl (C=O) groups is 1. The molecule has 0 bridgehead atoms. The van der Waals surface area contributed by atoms with Crippen molar-refractivity contribution in [3.05, 3.63) is 56.9 Å². The van der Waals surface area contributed by atoms with Crippen molar-refractivity contribution in [2.75, 3.05) is 6.61 Å². The SMILES string of the molecule is CCOC(=O)c1cc2c(-c3ccc(C(F)(F)F)n(C)c3=O)c(F)cc(Cl)c2o1. The lowest BCUT2D eigenvalue weighted by Crippen LogP contribution is -2.26. The number of furan rings is 1. The molecule has 28 heavy (non-hydrogen) atoms. The number of esters is 1. The maximum Gasteiger partial charge on any atom is 0.431 e. The van der Waals surface area contributed by atoms with E-state index in [0.29, 0.717) is 10.6 Å². The molecule has 0 radical (unpaired) electrons. The second-order valence-corrected chi connectivity index (χ2v) is 6.19. The maximum atomic E-state index is 14.7. The molecule has 5 nitrogen and oxygen atoms in total. The van der Waals surface area contributed by atoms with Crippen molar-refractivity contribution in [2.45, 2.75) is 13.1 Å². The summed E-state index contributed by atoms with van der Waals surface area (Å²) >= 11 is 5.96. The molecule has 0 aliphatic heterocycles. The van der Waals surface area contributed by atoms with Crippen LogP contribution in [0.3, 0.4) is 0 Å². The number of ether oxygens (including phenoxy) is 1. The number of hydrogen-bond acceptors (Lipinski definition) is 4. The van der Waals surface area contributed by atoms with E-state index in [1.54, 1.807) is 6.92 Å². The normalized spacial score (nSPS) is 11.8. The van der Waals surface area contributed by atoms with E-state index in [1.165, 1.54) is 0 Å². The lowest BCUT2D eigenvalue weighted by atomic mass is 10.0. The fourth-order valence-electron chi connectivity index (χ4n) is 2.82. The lowest BCUT2D eigenvalue weighted by molar-refractivity contribution is -0.143. The van der Waals surface area contributed by atoms with E-state index in [0.717, 1.165) is 25.2 Å². The Labute approximate surface area is 160 Å². The number of nitrogens with zero attached hydrogens (tertiary/aromatic N) is 1. The molecule has 0 spiro atoms. The lowest BCUT2D eigenvalue weighted by Gasteiger charge is -2.13. The first kappa shape index (κ1) is 19.9. The highest BCUT2D eigenvalue weighted by Gasteiger charge is 2.34. The predicted molar refractivity (Wildman–Crippen MR) is 92.8 cm³/mol. The third-order valence-corrected chi connectivity index (χ3v) is 4.33. The first-order chi connectivity index (χ1) is 13.1. The Bertz CT molecular complexity index is 1150. The highest BCUT2D eigenvalue weighted by Crippen LogP contribution is 2.37. The van der Waals surface area contributed by atoms with Crippen LogP contribution in [0.2, 0.25) is 5.02 Å². The summed E-state index contributed by atoms with van der Waals surface area (Å²) in [6, 6.07) is 3.53. The van der Waals surface area contributed by atoms with E-state index < -0.39 is 29.2 Å². The van der Waals surface area contributed by atoms with Crippen LogP contribution < -0.4 is 5.56 Å². The van der Waals surface area contributed by atoms with Crippen LogP contribution >= 0.6 is 11.6 Å². The standard InChI is InChI=1S/C18H12ClF4NO4/c1-3-27-17(26)12-6-9-14(11(20)7-10(19)15(9)28-12)8-4-5-13(18(21,22)23)24(2)16(8)25/h4-7H,3H2,1-2H3. The zero-order valence-electron chi connectivity index (χ0n) is 14.5. The summed E-state index contributed by atoms with van der Waals surface area (Å²) < 4.78 is 64.1. The monoisotopic (exact) mass is 417 g/mol. The van der Waals surface area contributed by atoms with Crippen molar-refractivity contribution < 1.29 is 31.5 Å². The van der Waals surface area contributed by atoms with Crippen LogP contribution in [0.1, 0.15) is 23.2 Å². The van der Waals surface area contributed by atoms with Gasteiger partial charge >= 0.3 is 12.1 Å². The predicted octanol–water partition coefficient (Wildman–Crippen LogP) is 4.79. The summed E-state index contributed by atoms with van der Waals surface area (Å²) in [7, 11) is 0.930. The fraction of sp³-hybridized carbons (Fsp3) is 0.222. The second-order valence-electron chi connectivity index (χ2n) is 5.78. The number of alkyl halides is 3. The Morgan fingerprint density at radius 2 is 1.96 bits per heavy atom. The third-order valence-electron chi connectivity index (χ3n) is 4.05. The minimum atomic E-state index is -4.76. The van der Waals surface area contributed by atoms with Crippen LogP contribution in [-0.2, 0) is 18.0 Å². The van der Waals surface area contributed by atoms with Gasteiger partial charge in [0.1, 0.15) is 11.5 Å². The first-order valence-electron chi connectivity index (χ1n) is 7.92. The zero-order chi connectivity index (χ0) is 20.8. The molecule has 148 valence electrons. The number of fused-ring (bicyclic) bond motifs is 1. The minimum absolute atomic E-state index is 0.0371. The molecular weight excluding hydrogens is 406 g/mol. The highest BCUT2D eigenvalue weighted by atomic mass is 35.5. The summed E-state index contributed by atoms with van der Waals surface area (Å²) in [5.74, 6) is -2.07. The smallest absolute Gasteiger partial charge is 0.431 e. The molecule has 0 atom stereocenters. The van der Waals surface area contributed by atoms with Gasteiger partial charge in [0.15, 0.2) is 5.58 Å². The summed E-state index contributed by atoms with van der Waals surface area (Å²) in [5, 5.41) is -0.208. The Morgan fingerprint density at radius 3 is 2.57 bits per heavy atom. The van der Waals surface area contributed by atoms with Crippen LogP contribution in [0.5, 0.6) is 0 Å². The zero-order valence-corrected chi connectivity index (χ0v) is 15.2. The van der Waals surface area contributed by atoms with Gasteiger partial charge in [-0.25, -0.2) is 9.18 Å². The van der Waals surface area contributed by atoms with Gasteiger partial charge in [-0.15, -0.1) is 0 Å². The Kier molecular flexibility index (Phi) is 4.97. The average molecular weight is 418 g/mol. The number of pyridine rings is 1. The van der Waals surface area contributed by atoms with Gasteiger partial charge in [-0.3, -0.25) is 4.79 Å². The van der Waals surface area contributed by atoms with Gasteiger partial charge in [-0.2, -0.15) is 13.2 Å². The quantitative estimate of drug-likeness (QED) is 0.454. The van der Waals surface area contributed by atoms with E-state index in [9.17, 15) is 27.2 Å². The molecule has 0 aliphatic carbocycles. The largest absolute Gasteiger partial charge is 0.460 e. The van der Waals surface area contributed by atoms with Gasteiger partial charge < -0.3 is 13.7 Å². The van der Waals surface area contributed by atoms with Crippen LogP contribution in [0.15, 0.2) is 33.5 Å². The topological polar surface area (TPSA) is 61.4 Å². The van der Waals surface area contributed by atoms with Crippen LogP contribution in [0.25, 0.3) is 22.1 Å². The molecule has 2 heterocycles. The maximum absolute atomic E-state index is 14.7. The molecule has 0 unspecified atom stereocenters. The molecule has 0 fully saturated rings. The van der Waals surface area contributed by atoms with Crippen LogP contribution in [-0.4, -0.2) is 17.1 Å². The average Bonchev–Trinajstić information content (AvgIpc) is 3.03. The van der Waals surface area contributed by atoms with Crippen molar-refractivity contribution in [1.29, 1.82) is 0 Å². The number of hydrogen-bond donors (Lipinski definition) is 0. The Balaban J connectivity index is 2.31. The molecule has 0 aliphatic rings. The van der Waals surface area contributed by atoms with Gasteiger partial charge in [0, 0.05) is 24.1 Å². The van der Waals surface area contributed by atoms with Gasteiger partial charge in [0.2, 0.25) is 5.76 Å². The summed E-state index contributed by atoms with van der Waals surface area (Å²) in [4.78, 5) is 24.4. The molecule has 2 aromatic heterocycles. The van der Waals surface area contributed by atoms with E-state index in [1.807, 2.05) is 0 Å². The third kappa shape index (κ3) is 3.26. The number of benzene rings is 1. The first-order valence-corrected chi connectivity index (χ1v) is 8.30. The van der Waals surface area contributed by atoms with E-state index in [2.05, 4.69) is 0 Å². The fourth-order valence-corrected chi connectivity index (χ4v) is 3.05. The van der Waals surface area contributed by atoms with Crippen LogP contribution in [0, 0.1) is 5.82 Å². The van der Waals surface area contributed by atoms with Crippen molar-refractivity contribution in [1.82, 2.24) is 4.57 Å². The van der Waals surface area contributed by atoms with E-state index in [4.69, 9.17) is 20.8 Å². The second kappa shape index (κ2) is 6.97. The minimum Gasteiger partial charge on any atom is -0.460 e. The van der Waals surface area contributed by atoms with Crippen molar-refractivity contribution >= 4 is 28.5 Å². The van der Waals surface area contributed by atoms with Gasteiger partial charge in [-0.05, 0) is 25.1 Å². The number of halogens is 5.